The fraction of sp³-hybridized carbons (Fsp3) is 0.125. The summed E-state index contributed by atoms with van der Waals surface area (Å²) in [5.74, 6) is -0.425. The molecular weight excluding hydrogens is 305 g/mol. The van der Waals surface area contributed by atoms with Gasteiger partial charge in [0.2, 0.25) is 0 Å². The second-order valence-corrected chi connectivity index (χ2v) is 4.89. The highest BCUT2D eigenvalue weighted by Crippen LogP contribution is 2.30. The number of hydrogen-bond donors (Lipinski definition) is 0. The van der Waals surface area contributed by atoms with Crippen molar-refractivity contribution in [1.82, 2.24) is 20.2 Å². The van der Waals surface area contributed by atoms with E-state index in [0.717, 1.165) is 0 Å². The van der Waals surface area contributed by atoms with Gasteiger partial charge in [-0.1, -0.05) is 12.1 Å². The molecule has 116 valence electrons. The van der Waals surface area contributed by atoms with Crippen LogP contribution in [0.3, 0.4) is 0 Å². The molecule has 0 aliphatic rings. The van der Waals surface area contributed by atoms with Crippen LogP contribution in [0.4, 0.5) is 13.2 Å². The van der Waals surface area contributed by atoms with Crippen LogP contribution in [0, 0.1) is 12.7 Å². The molecule has 0 saturated carbocycles. The van der Waals surface area contributed by atoms with Crippen LogP contribution in [0.25, 0.3) is 22.5 Å². The van der Waals surface area contributed by atoms with Crippen molar-refractivity contribution in [3.63, 3.8) is 0 Å². The molecule has 3 aromatic rings. The highest BCUT2D eigenvalue weighted by molar-refractivity contribution is 5.77. The quantitative estimate of drug-likeness (QED) is 0.733. The third-order valence-electron chi connectivity index (χ3n) is 3.19. The molecule has 0 aliphatic carbocycles. The van der Waals surface area contributed by atoms with Crippen molar-refractivity contribution >= 4 is 0 Å². The molecule has 1 aromatic carbocycles. The number of hydrogen-bond acceptors (Lipinski definition) is 4. The van der Waals surface area contributed by atoms with Gasteiger partial charge >= 0.3 is 0 Å². The van der Waals surface area contributed by atoms with Gasteiger partial charge in [0.1, 0.15) is 29.2 Å². The minimum absolute atomic E-state index is 0.297. The zero-order valence-corrected chi connectivity index (χ0v) is 12.0. The fourth-order valence-corrected chi connectivity index (χ4v) is 2.26. The summed E-state index contributed by atoms with van der Waals surface area (Å²) < 4.78 is 39.4. The summed E-state index contributed by atoms with van der Waals surface area (Å²) in [6.07, 6.45) is -1.47. The Bertz CT molecular complexity index is 852. The van der Waals surface area contributed by atoms with E-state index in [-0.39, 0.29) is 5.69 Å². The van der Waals surface area contributed by atoms with Crippen LogP contribution in [0.1, 0.15) is 17.8 Å². The SMILES string of the molecule is Cc1cc(-c2nncnc2-c2cccc(F)c2)cc(C(F)F)n1. The highest BCUT2D eigenvalue weighted by atomic mass is 19.3. The lowest BCUT2D eigenvalue weighted by molar-refractivity contribution is 0.146. The molecule has 3 rings (SSSR count). The van der Waals surface area contributed by atoms with E-state index in [2.05, 4.69) is 20.2 Å². The number of halogens is 3. The summed E-state index contributed by atoms with van der Waals surface area (Å²) in [7, 11) is 0. The van der Waals surface area contributed by atoms with E-state index in [4.69, 9.17) is 0 Å². The maximum absolute atomic E-state index is 13.4. The minimum Gasteiger partial charge on any atom is -0.252 e. The van der Waals surface area contributed by atoms with E-state index in [1.165, 1.54) is 24.5 Å². The Hall–Kier alpha value is -2.83. The molecule has 4 nitrogen and oxygen atoms in total. The number of benzene rings is 1. The first-order valence-electron chi connectivity index (χ1n) is 6.75. The zero-order valence-electron chi connectivity index (χ0n) is 12.0. The lowest BCUT2D eigenvalue weighted by Crippen LogP contribution is -1.99. The number of nitrogens with zero attached hydrogens (tertiary/aromatic N) is 4. The van der Waals surface area contributed by atoms with Gasteiger partial charge in [0.15, 0.2) is 0 Å². The maximum Gasteiger partial charge on any atom is 0.280 e. The number of pyridine rings is 1. The van der Waals surface area contributed by atoms with E-state index in [1.807, 2.05) is 0 Å². The Morgan fingerprint density at radius 1 is 1.00 bits per heavy atom. The Morgan fingerprint density at radius 3 is 2.57 bits per heavy atom. The average Bonchev–Trinajstić information content (AvgIpc) is 2.54. The van der Waals surface area contributed by atoms with E-state index < -0.39 is 12.2 Å². The Kier molecular flexibility index (Phi) is 4.01. The van der Waals surface area contributed by atoms with Crippen LogP contribution >= 0.6 is 0 Å². The largest absolute Gasteiger partial charge is 0.280 e. The van der Waals surface area contributed by atoms with Gasteiger partial charge in [0, 0.05) is 16.8 Å². The first kappa shape index (κ1) is 15.1. The molecule has 2 aromatic heterocycles. The average molecular weight is 316 g/mol. The number of aromatic nitrogens is 4. The van der Waals surface area contributed by atoms with Crippen LogP contribution in [0.5, 0.6) is 0 Å². The first-order chi connectivity index (χ1) is 11.0. The molecule has 0 bridgehead atoms. The third kappa shape index (κ3) is 3.18. The summed E-state index contributed by atoms with van der Waals surface area (Å²) in [5.41, 5.74) is 1.64. The van der Waals surface area contributed by atoms with Crippen molar-refractivity contribution in [2.75, 3.05) is 0 Å². The monoisotopic (exact) mass is 316 g/mol. The topological polar surface area (TPSA) is 51.6 Å². The zero-order chi connectivity index (χ0) is 16.4. The second-order valence-electron chi connectivity index (χ2n) is 4.89. The summed E-state index contributed by atoms with van der Waals surface area (Å²) in [4.78, 5) is 7.92. The van der Waals surface area contributed by atoms with Crippen LogP contribution in [-0.2, 0) is 0 Å². The van der Waals surface area contributed by atoms with Crippen molar-refractivity contribution in [3.8, 4) is 22.5 Å². The molecule has 0 N–H and O–H groups in total. The van der Waals surface area contributed by atoms with E-state index in [1.54, 1.807) is 25.1 Å². The molecule has 0 radical (unpaired) electrons. The van der Waals surface area contributed by atoms with Crippen molar-refractivity contribution < 1.29 is 13.2 Å². The fourth-order valence-electron chi connectivity index (χ4n) is 2.26. The summed E-state index contributed by atoms with van der Waals surface area (Å²) in [5, 5.41) is 7.70. The lowest BCUT2D eigenvalue weighted by atomic mass is 10.0. The van der Waals surface area contributed by atoms with Gasteiger partial charge in [-0.2, -0.15) is 0 Å². The van der Waals surface area contributed by atoms with Gasteiger partial charge in [-0.3, -0.25) is 4.98 Å². The van der Waals surface area contributed by atoms with E-state index in [9.17, 15) is 13.2 Å². The van der Waals surface area contributed by atoms with Gasteiger partial charge in [-0.25, -0.2) is 18.2 Å². The molecule has 7 heteroatoms. The van der Waals surface area contributed by atoms with Crippen molar-refractivity contribution in [2.45, 2.75) is 13.3 Å². The highest BCUT2D eigenvalue weighted by Gasteiger charge is 2.16. The van der Waals surface area contributed by atoms with Crippen LogP contribution in [0.15, 0.2) is 42.7 Å². The molecule has 0 unspecified atom stereocenters. The molecule has 0 amide bonds. The van der Waals surface area contributed by atoms with Crippen LogP contribution < -0.4 is 0 Å². The van der Waals surface area contributed by atoms with E-state index >= 15 is 0 Å². The minimum atomic E-state index is -2.70. The molecule has 2 heterocycles. The summed E-state index contributed by atoms with van der Waals surface area (Å²) in [6.45, 7) is 1.61. The van der Waals surface area contributed by atoms with Gasteiger partial charge < -0.3 is 0 Å². The molecule has 0 spiro atoms. The standard InChI is InChI=1S/C16H11F3N4/c1-9-5-11(7-13(22-9)16(18)19)15-14(20-8-21-23-15)10-3-2-4-12(17)6-10/h2-8,16H,1H3. The van der Waals surface area contributed by atoms with Crippen molar-refractivity contribution in [3.05, 3.63) is 59.9 Å². The van der Waals surface area contributed by atoms with Gasteiger partial charge in [0.25, 0.3) is 6.43 Å². The van der Waals surface area contributed by atoms with Crippen molar-refractivity contribution in [2.24, 2.45) is 0 Å². The molecular formula is C16H11F3N4. The summed E-state index contributed by atoms with van der Waals surface area (Å²) >= 11 is 0. The lowest BCUT2D eigenvalue weighted by Gasteiger charge is -2.09. The predicted molar refractivity (Wildman–Crippen MR) is 78.1 cm³/mol. The molecule has 0 aliphatic heterocycles. The molecule has 0 atom stereocenters. The summed E-state index contributed by atoms with van der Waals surface area (Å²) in [6, 6.07) is 8.67. The number of aryl methyl sites for hydroxylation is 1. The normalized spacial score (nSPS) is 11.0. The Morgan fingerprint density at radius 2 is 1.83 bits per heavy atom. The van der Waals surface area contributed by atoms with Gasteiger partial charge in [-0.15, -0.1) is 10.2 Å². The predicted octanol–water partition coefficient (Wildman–Crippen LogP) is 3.99. The van der Waals surface area contributed by atoms with Gasteiger partial charge in [-0.05, 0) is 31.2 Å². The van der Waals surface area contributed by atoms with E-state index in [0.29, 0.717) is 28.2 Å². The van der Waals surface area contributed by atoms with Gasteiger partial charge in [0.05, 0.1) is 0 Å². The number of rotatable bonds is 3. The molecule has 0 fully saturated rings. The smallest absolute Gasteiger partial charge is 0.252 e. The van der Waals surface area contributed by atoms with Crippen molar-refractivity contribution in [1.29, 1.82) is 0 Å². The molecule has 23 heavy (non-hydrogen) atoms. The molecule has 0 saturated heterocycles. The second kappa shape index (κ2) is 6.12. The van der Waals surface area contributed by atoms with Crippen LogP contribution in [0.2, 0.25) is 0 Å². The Labute approximate surface area is 130 Å². The first-order valence-corrected chi connectivity index (χ1v) is 6.75. The Balaban J connectivity index is 2.18. The number of alkyl halides is 2. The third-order valence-corrected chi connectivity index (χ3v) is 3.19. The van der Waals surface area contributed by atoms with Crippen LogP contribution in [-0.4, -0.2) is 20.2 Å². The maximum atomic E-state index is 13.4.